The number of nitrogens with one attached hydrogen (secondary N) is 1. The molecule has 2 aromatic rings. The van der Waals surface area contributed by atoms with E-state index in [0.29, 0.717) is 11.5 Å². The summed E-state index contributed by atoms with van der Waals surface area (Å²) in [5.41, 5.74) is 2.29. The van der Waals surface area contributed by atoms with Gasteiger partial charge in [-0.3, -0.25) is 4.79 Å². The van der Waals surface area contributed by atoms with Crippen molar-refractivity contribution in [3.8, 4) is 11.1 Å². The molecule has 0 aliphatic rings. The molecule has 1 aromatic carbocycles. The van der Waals surface area contributed by atoms with Crippen LogP contribution in [0.2, 0.25) is 0 Å². The summed E-state index contributed by atoms with van der Waals surface area (Å²) in [7, 11) is -2.15. The number of hydrogen-bond acceptors (Lipinski definition) is 5. The lowest BCUT2D eigenvalue weighted by molar-refractivity contribution is -0.119. The van der Waals surface area contributed by atoms with Crippen LogP contribution in [0.1, 0.15) is 26.0 Å². The van der Waals surface area contributed by atoms with Gasteiger partial charge in [0.25, 0.3) is 0 Å². The van der Waals surface area contributed by atoms with Crippen LogP contribution in [0, 0.1) is 5.82 Å². The first-order valence-electron chi connectivity index (χ1n) is 8.65. The Labute approximate surface area is 164 Å². The van der Waals surface area contributed by atoms with E-state index in [4.69, 9.17) is 0 Å². The molecule has 1 heterocycles. The van der Waals surface area contributed by atoms with Crippen molar-refractivity contribution in [1.82, 2.24) is 9.71 Å². The highest BCUT2D eigenvalue weighted by Gasteiger charge is 2.16. The van der Waals surface area contributed by atoms with Gasteiger partial charge in [-0.15, -0.1) is 0 Å². The number of rotatable bonds is 8. The average molecular weight is 406 g/mol. The third-order valence-electron chi connectivity index (χ3n) is 4.22. The summed E-state index contributed by atoms with van der Waals surface area (Å²) in [5, 5.41) is 0. The molecule has 0 saturated carbocycles. The van der Waals surface area contributed by atoms with Crippen LogP contribution in [0.4, 0.5) is 10.2 Å². The van der Waals surface area contributed by atoms with Crippen molar-refractivity contribution in [3.05, 3.63) is 47.9 Å². The summed E-state index contributed by atoms with van der Waals surface area (Å²) in [6.45, 7) is 6.94. The van der Waals surface area contributed by atoms with Crippen molar-refractivity contribution < 1.29 is 17.6 Å². The van der Waals surface area contributed by atoms with Gasteiger partial charge >= 0.3 is 10.2 Å². The lowest BCUT2D eigenvalue weighted by atomic mass is 10.0. The van der Waals surface area contributed by atoms with Gasteiger partial charge < -0.3 is 4.90 Å². The van der Waals surface area contributed by atoms with Crippen LogP contribution < -0.4 is 9.62 Å². The molecule has 9 heteroatoms. The van der Waals surface area contributed by atoms with Crippen molar-refractivity contribution >= 4 is 28.7 Å². The first kappa shape index (κ1) is 21.5. The number of carbonyl (C=O) groups excluding carboxylic acids is 1. The summed E-state index contributed by atoms with van der Waals surface area (Å²) >= 11 is 0. The van der Waals surface area contributed by atoms with Crippen molar-refractivity contribution in [2.75, 3.05) is 11.9 Å². The van der Waals surface area contributed by atoms with Crippen LogP contribution in [0.5, 0.6) is 0 Å². The largest absolute Gasteiger partial charge is 0.357 e. The van der Waals surface area contributed by atoms with Crippen LogP contribution in [-0.4, -0.2) is 39.1 Å². The monoisotopic (exact) mass is 406 g/mol. The van der Waals surface area contributed by atoms with Crippen LogP contribution >= 0.6 is 0 Å². The summed E-state index contributed by atoms with van der Waals surface area (Å²) < 4.78 is 40.4. The van der Waals surface area contributed by atoms with E-state index in [1.807, 2.05) is 31.9 Å². The molecule has 0 saturated heterocycles. The van der Waals surface area contributed by atoms with E-state index in [9.17, 15) is 17.6 Å². The molecule has 0 spiro atoms. The maximum absolute atomic E-state index is 13.3. The van der Waals surface area contributed by atoms with E-state index in [0.717, 1.165) is 11.1 Å². The van der Waals surface area contributed by atoms with E-state index in [1.54, 1.807) is 22.9 Å². The number of halogens is 1. The Morgan fingerprint density at radius 1 is 1.25 bits per heavy atom. The summed E-state index contributed by atoms with van der Waals surface area (Å²) in [5.74, 6) is -0.308. The van der Waals surface area contributed by atoms with Gasteiger partial charge in [0.1, 0.15) is 11.6 Å². The maximum Gasteiger partial charge on any atom is 0.343 e. The van der Waals surface area contributed by atoms with E-state index >= 15 is 0 Å². The number of aromatic nitrogens is 1. The minimum atomic E-state index is -4.05. The molecule has 1 aromatic heterocycles. The van der Waals surface area contributed by atoms with Gasteiger partial charge in [-0.1, -0.05) is 12.1 Å². The molecule has 0 radical (unpaired) electrons. The Hall–Kier alpha value is -2.81. The third-order valence-corrected chi connectivity index (χ3v) is 5.04. The number of benzene rings is 1. The summed E-state index contributed by atoms with van der Waals surface area (Å²) in [6.07, 6.45) is 0.184. The van der Waals surface area contributed by atoms with Crippen LogP contribution in [-0.2, 0) is 21.4 Å². The highest BCUT2D eigenvalue weighted by atomic mass is 32.2. The SMILES string of the molecule is C=NS(=O)(=O)NC(=O)CCc1ccc(-c2ccc(F)cc2)c(N(C)C(C)C)n1. The number of amides is 1. The van der Waals surface area contributed by atoms with Crippen molar-refractivity contribution in [2.24, 2.45) is 4.40 Å². The average Bonchev–Trinajstić information content (AvgIpc) is 2.66. The molecule has 0 atom stereocenters. The minimum absolute atomic E-state index is 0.0670. The van der Waals surface area contributed by atoms with Gasteiger partial charge in [0, 0.05) is 37.5 Å². The second-order valence-electron chi connectivity index (χ2n) is 6.51. The topological polar surface area (TPSA) is 91.7 Å². The molecule has 1 N–H and O–H groups in total. The molecule has 28 heavy (non-hydrogen) atoms. The highest BCUT2D eigenvalue weighted by Crippen LogP contribution is 2.30. The van der Waals surface area contributed by atoms with E-state index in [1.165, 1.54) is 12.1 Å². The van der Waals surface area contributed by atoms with Gasteiger partial charge in [-0.25, -0.2) is 14.1 Å². The second kappa shape index (κ2) is 8.92. The summed E-state index contributed by atoms with van der Waals surface area (Å²) in [6, 6.07) is 9.94. The molecule has 0 fully saturated rings. The number of hydrogen-bond donors (Lipinski definition) is 1. The van der Waals surface area contributed by atoms with Crippen LogP contribution in [0.25, 0.3) is 11.1 Å². The molecular weight excluding hydrogens is 383 g/mol. The number of anilines is 1. The first-order valence-corrected chi connectivity index (χ1v) is 10.1. The van der Waals surface area contributed by atoms with Gasteiger partial charge in [0.05, 0.1) is 0 Å². The van der Waals surface area contributed by atoms with Gasteiger partial charge in [-0.05, 0) is 50.1 Å². The molecule has 1 amide bonds. The van der Waals surface area contributed by atoms with E-state index < -0.39 is 16.1 Å². The van der Waals surface area contributed by atoms with Crippen molar-refractivity contribution in [3.63, 3.8) is 0 Å². The zero-order valence-electron chi connectivity index (χ0n) is 16.0. The molecule has 0 aliphatic heterocycles. The molecule has 150 valence electrons. The van der Waals surface area contributed by atoms with E-state index in [2.05, 4.69) is 16.1 Å². The Morgan fingerprint density at radius 2 is 1.89 bits per heavy atom. The number of carbonyl (C=O) groups is 1. The van der Waals surface area contributed by atoms with Crippen LogP contribution in [0.15, 0.2) is 40.8 Å². The number of nitrogens with zero attached hydrogens (tertiary/aromatic N) is 3. The fourth-order valence-electron chi connectivity index (χ4n) is 2.46. The van der Waals surface area contributed by atoms with E-state index in [-0.39, 0.29) is 24.7 Å². The fourth-order valence-corrected chi connectivity index (χ4v) is 2.92. The third kappa shape index (κ3) is 5.59. The predicted octanol–water partition coefficient (Wildman–Crippen LogP) is 2.73. The van der Waals surface area contributed by atoms with Gasteiger partial charge in [0.2, 0.25) is 5.91 Å². The normalized spacial score (nSPS) is 11.3. The molecule has 7 nitrogen and oxygen atoms in total. The minimum Gasteiger partial charge on any atom is -0.357 e. The Morgan fingerprint density at radius 3 is 2.46 bits per heavy atom. The first-order chi connectivity index (χ1) is 13.1. The summed E-state index contributed by atoms with van der Waals surface area (Å²) in [4.78, 5) is 18.4. The maximum atomic E-state index is 13.3. The predicted molar refractivity (Wildman–Crippen MR) is 108 cm³/mol. The standard InChI is InChI=1S/C19H23FN4O3S/c1-13(2)24(4)19-17(14-5-7-15(20)8-6-14)11-9-16(22-19)10-12-18(25)23-28(26,27)21-3/h5-9,11,13H,3,10,12H2,1-2,4H3,(H,23,25). The Balaban J connectivity index is 2.28. The lowest BCUT2D eigenvalue weighted by Gasteiger charge is -2.26. The molecular formula is C19H23FN4O3S. The molecule has 0 unspecified atom stereocenters. The smallest absolute Gasteiger partial charge is 0.343 e. The Bertz CT molecular complexity index is 960. The fraction of sp³-hybridized carbons (Fsp3) is 0.316. The zero-order valence-corrected chi connectivity index (χ0v) is 16.8. The Kier molecular flexibility index (Phi) is 6.85. The molecule has 2 rings (SSSR count). The number of aryl methyl sites for hydroxylation is 1. The molecule has 0 bridgehead atoms. The lowest BCUT2D eigenvalue weighted by Crippen LogP contribution is -2.29. The van der Waals surface area contributed by atoms with Crippen LogP contribution in [0.3, 0.4) is 0 Å². The van der Waals surface area contributed by atoms with Gasteiger partial charge in [0.15, 0.2) is 0 Å². The zero-order chi connectivity index (χ0) is 20.9. The highest BCUT2D eigenvalue weighted by molar-refractivity contribution is 7.88. The number of pyridine rings is 1. The van der Waals surface area contributed by atoms with Crippen molar-refractivity contribution in [1.29, 1.82) is 0 Å². The second-order valence-corrected chi connectivity index (χ2v) is 7.93. The molecule has 0 aliphatic carbocycles. The van der Waals surface area contributed by atoms with Crippen molar-refractivity contribution in [2.45, 2.75) is 32.7 Å². The quantitative estimate of drug-likeness (QED) is 0.681. The van der Waals surface area contributed by atoms with Gasteiger partial charge in [-0.2, -0.15) is 12.8 Å².